The molecule has 0 radical (unpaired) electrons. The highest BCUT2D eigenvalue weighted by molar-refractivity contribution is 4.66. The lowest BCUT2D eigenvalue weighted by Crippen LogP contribution is -2.09. The van der Waals surface area contributed by atoms with E-state index in [1.165, 1.54) is 38.5 Å². The molecule has 72 valence electrons. The van der Waals surface area contributed by atoms with Crippen LogP contribution in [0.1, 0.15) is 51.9 Å². The van der Waals surface area contributed by atoms with Gasteiger partial charge in [0.1, 0.15) is 0 Å². The highest BCUT2D eigenvalue weighted by atomic mass is 16.3. The fourth-order valence-corrected chi connectivity index (χ4v) is 2.21. The Bertz CT molecular complexity index is 112. The molecule has 0 saturated heterocycles. The van der Waals surface area contributed by atoms with Gasteiger partial charge < -0.3 is 5.11 Å². The summed E-state index contributed by atoms with van der Waals surface area (Å²) >= 11 is 0. The number of aliphatic hydroxyl groups excluding tert-OH is 1. The van der Waals surface area contributed by atoms with Crippen molar-refractivity contribution in [2.75, 3.05) is 6.61 Å². The third-order valence-corrected chi connectivity index (χ3v) is 3.16. The molecule has 0 aromatic rings. The van der Waals surface area contributed by atoms with Crippen LogP contribution in [-0.2, 0) is 0 Å². The highest BCUT2D eigenvalue weighted by Crippen LogP contribution is 2.27. The van der Waals surface area contributed by atoms with E-state index in [9.17, 15) is 0 Å². The summed E-state index contributed by atoms with van der Waals surface area (Å²) in [5.74, 6) is 1.74. The second kappa shape index (κ2) is 5.58. The molecule has 0 aromatic heterocycles. The maximum absolute atomic E-state index is 8.85. The molecule has 1 nitrogen and oxygen atoms in total. The molecule has 1 fully saturated rings. The fraction of sp³-hybridized carbons (Fsp3) is 1.00. The van der Waals surface area contributed by atoms with Gasteiger partial charge >= 0.3 is 0 Å². The molecule has 1 heteroatoms. The minimum absolute atomic E-state index is 0.388. The zero-order valence-electron chi connectivity index (χ0n) is 8.26. The lowest BCUT2D eigenvalue weighted by molar-refractivity contribution is 0.228. The Hall–Kier alpha value is -0.0400. The number of rotatable bonds is 2. The van der Waals surface area contributed by atoms with E-state index in [1.807, 2.05) is 0 Å². The van der Waals surface area contributed by atoms with E-state index in [2.05, 4.69) is 6.92 Å². The molecule has 1 aliphatic rings. The minimum Gasteiger partial charge on any atom is -0.396 e. The van der Waals surface area contributed by atoms with E-state index in [1.54, 1.807) is 0 Å². The molecular formula is C11H22O. The largest absolute Gasteiger partial charge is 0.396 e. The molecule has 1 saturated carbocycles. The first-order valence-corrected chi connectivity index (χ1v) is 5.43. The first-order chi connectivity index (χ1) is 5.83. The Labute approximate surface area is 76.2 Å². The molecule has 0 amide bonds. The van der Waals surface area contributed by atoms with Gasteiger partial charge in [0, 0.05) is 6.61 Å². The van der Waals surface area contributed by atoms with Gasteiger partial charge in [0.05, 0.1) is 0 Å². The molecule has 0 aliphatic heterocycles. The van der Waals surface area contributed by atoms with Crippen LogP contribution < -0.4 is 0 Å². The van der Waals surface area contributed by atoms with Crippen LogP contribution in [0.15, 0.2) is 0 Å². The van der Waals surface area contributed by atoms with Crippen LogP contribution in [0.4, 0.5) is 0 Å². The maximum Gasteiger partial charge on any atom is 0.0433 e. The summed E-state index contributed by atoms with van der Waals surface area (Å²) in [7, 11) is 0. The summed E-state index contributed by atoms with van der Waals surface area (Å²) in [5.41, 5.74) is 0. The van der Waals surface area contributed by atoms with Crippen LogP contribution in [0, 0.1) is 11.8 Å². The van der Waals surface area contributed by atoms with Crippen molar-refractivity contribution >= 4 is 0 Å². The van der Waals surface area contributed by atoms with Crippen molar-refractivity contribution in [2.24, 2.45) is 11.8 Å². The van der Waals surface area contributed by atoms with Gasteiger partial charge in [-0.15, -0.1) is 0 Å². The monoisotopic (exact) mass is 170 g/mol. The van der Waals surface area contributed by atoms with E-state index in [0.717, 1.165) is 18.3 Å². The van der Waals surface area contributed by atoms with Gasteiger partial charge in [-0.05, 0) is 18.3 Å². The summed E-state index contributed by atoms with van der Waals surface area (Å²) in [5, 5.41) is 8.85. The van der Waals surface area contributed by atoms with Gasteiger partial charge in [-0.1, -0.05) is 45.4 Å². The van der Waals surface area contributed by atoms with Crippen LogP contribution in [0.3, 0.4) is 0 Å². The van der Waals surface area contributed by atoms with E-state index in [-0.39, 0.29) is 0 Å². The molecule has 1 aliphatic carbocycles. The molecule has 0 heterocycles. The fourth-order valence-electron chi connectivity index (χ4n) is 2.21. The standard InChI is InChI=1S/C11H22O/c1-10-4-2-3-5-11(7-6-10)8-9-12/h10-12H,2-9H2,1H3. The molecule has 0 spiro atoms. The Kier molecular flexibility index (Phi) is 4.67. The predicted molar refractivity (Wildman–Crippen MR) is 52.1 cm³/mol. The summed E-state index contributed by atoms with van der Waals surface area (Å²) in [6.45, 7) is 2.75. The van der Waals surface area contributed by atoms with E-state index in [4.69, 9.17) is 5.11 Å². The highest BCUT2D eigenvalue weighted by Gasteiger charge is 2.13. The zero-order chi connectivity index (χ0) is 8.81. The summed E-state index contributed by atoms with van der Waals surface area (Å²) in [6, 6.07) is 0. The second-order valence-electron chi connectivity index (χ2n) is 4.35. The molecule has 1 N–H and O–H groups in total. The van der Waals surface area contributed by atoms with Crippen molar-refractivity contribution in [3.8, 4) is 0 Å². The first kappa shape index (κ1) is 10.0. The summed E-state index contributed by atoms with van der Waals surface area (Å²) < 4.78 is 0. The number of hydrogen-bond donors (Lipinski definition) is 1. The zero-order valence-corrected chi connectivity index (χ0v) is 8.26. The van der Waals surface area contributed by atoms with Crippen LogP contribution >= 0.6 is 0 Å². The summed E-state index contributed by atoms with van der Waals surface area (Å²) in [4.78, 5) is 0. The molecule has 2 unspecified atom stereocenters. The second-order valence-corrected chi connectivity index (χ2v) is 4.35. The Morgan fingerprint density at radius 3 is 2.58 bits per heavy atom. The Morgan fingerprint density at radius 1 is 1.08 bits per heavy atom. The Morgan fingerprint density at radius 2 is 1.83 bits per heavy atom. The number of hydrogen-bond acceptors (Lipinski definition) is 1. The van der Waals surface area contributed by atoms with Gasteiger partial charge in [-0.25, -0.2) is 0 Å². The number of aliphatic hydroxyl groups is 1. The molecular weight excluding hydrogens is 148 g/mol. The van der Waals surface area contributed by atoms with Crippen molar-refractivity contribution in [1.82, 2.24) is 0 Å². The third-order valence-electron chi connectivity index (χ3n) is 3.16. The summed E-state index contributed by atoms with van der Waals surface area (Å²) in [6.07, 6.45) is 9.33. The molecule has 12 heavy (non-hydrogen) atoms. The topological polar surface area (TPSA) is 20.2 Å². The lowest BCUT2D eigenvalue weighted by atomic mass is 9.85. The molecule has 0 bridgehead atoms. The van der Waals surface area contributed by atoms with E-state index < -0.39 is 0 Å². The van der Waals surface area contributed by atoms with Crippen LogP contribution in [0.25, 0.3) is 0 Å². The quantitative estimate of drug-likeness (QED) is 0.675. The maximum atomic E-state index is 8.85. The SMILES string of the molecule is CC1CCCCC(CCO)CC1. The third kappa shape index (κ3) is 3.57. The van der Waals surface area contributed by atoms with Gasteiger partial charge in [0.2, 0.25) is 0 Å². The van der Waals surface area contributed by atoms with Gasteiger partial charge in [-0.3, -0.25) is 0 Å². The van der Waals surface area contributed by atoms with Crippen molar-refractivity contribution in [2.45, 2.75) is 51.9 Å². The van der Waals surface area contributed by atoms with Gasteiger partial charge in [0.15, 0.2) is 0 Å². The first-order valence-electron chi connectivity index (χ1n) is 5.43. The Balaban J connectivity index is 2.24. The predicted octanol–water partition coefficient (Wildman–Crippen LogP) is 2.98. The van der Waals surface area contributed by atoms with E-state index >= 15 is 0 Å². The van der Waals surface area contributed by atoms with Crippen LogP contribution in [-0.4, -0.2) is 11.7 Å². The van der Waals surface area contributed by atoms with E-state index in [0.29, 0.717) is 6.61 Å². The lowest BCUT2D eigenvalue weighted by Gasteiger charge is -2.22. The molecule has 1 rings (SSSR count). The smallest absolute Gasteiger partial charge is 0.0433 e. The van der Waals surface area contributed by atoms with Gasteiger partial charge in [0.25, 0.3) is 0 Å². The van der Waals surface area contributed by atoms with Gasteiger partial charge in [-0.2, -0.15) is 0 Å². The minimum atomic E-state index is 0.388. The van der Waals surface area contributed by atoms with Crippen molar-refractivity contribution in [3.05, 3.63) is 0 Å². The normalized spacial score (nSPS) is 32.5. The average molecular weight is 170 g/mol. The van der Waals surface area contributed by atoms with Crippen LogP contribution in [0.2, 0.25) is 0 Å². The van der Waals surface area contributed by atoms with Crippen molar-refractivity contribution in [3.63, 3.8) is 0 Å². The molecule has 2 atom stereocenters. The van der Waals surface area contributed by atoms with Crippen LogP contribution in [0.5, 0.6) is 0 Å². The average Bonchev–Trinajstić information content (AvgIpc) is 2.04. The van der Waals surface area contributed by atoms with Crippen molar-refractivity contribution < 1.29 is 5.11 Å². The van der Waals surface area contributed by atoms with Crippen molar-refractivity contribution in [1.29, 1.82) is 0 Å². The molecule has 0 aromatic carbocycles.